The number of nitrogens with one attached hydrogen (secondary N) is 1. The Labute approximate surface area is 238 Å². The fourth-order valence-corrected chi connectivity index (χ4v) is 5.07. The van der Waals surface area contributed by atoms with Crippen LogP contribution in [0.5, 0.6) is 0 Å². The number of hydrogen-bond acceptors (Lipinski definition) is 7. The number of carbonyl (C=O) groups is 4. The van der Waals surface area contributed by atoms with Crippen molar-refractivity contribution in [3.8, 4) is 0 Å². The first kappa shape index (κ1) is 29.6. The molecular weight excluding hydrogens is 524 g/mol. The van der Waals surface area contributed by atoms with Gasteiger partial charge in [-0.15, -0.1) is 0 Å². The van der Waals surface area contributed by atoms with E-state index < -0.39 is 48.5 Å². The largest absolute Gasteiger partial charge is 0.389 e. The Balaban J connectivity index is 1.72. The maximum absolute atomic E-state index is 14.0. The van der Waals surface area contributed by atoms with Crippen LogP contribution in [0.25, 0.3) is 10.9 Å². The standard InChI is InChI=1S/C30H36N6O5/c1-19-8-7-15-35(19)30(41)34-27(25(37)14-13-20-9-3-2-4-10-20)36(29(40)23(31)17-26(32)38)28(39)22-16-21-11-5-6-12-24(21)33-18-22/h2-6,9-12,16,18-19,23,25,27,37H,7-8,13-15,17,31H2,1H3,(H2,32,38)(H,34,41)/t19-,23+,25-,27?/m1/s1. The molecule has 1 aromatic heterocycles. The second-order valence-electron chi connectivity index (χ2n) is 10.4. The van der Waals surface area contributed by atoms with E-state index in [1.54, 1.807) is 29.2 Å². The van der Waals surface area contributed by atoms with Crippen LogP contribution in [0.15, 0.2) is 66.9 Å². The molecule has 216 valence electrons. The van der Waals surface area contributed by atoms with Crippen molar-refractivity contribution >= 4 is 34.7 Å². The highest BCUT2D eigenvalue weighted by Gasteiger charge is 2.40. The topological polar surface area (TPSA) is 172 Å². The van der Waals surface area contributed by atoms with E-state index in [0.717, 1.165) is 23.3 Å². The van der Waals surface area contributed by atoms with Crippen molar-refractivity contribution in [3.63, 3.8) is 0 Å². The Kier molecular flexibility index (Phi) is 9.64. The summed E-state index contributed by atoms with van der Waals surface area (Å²) in [6.45, 7) is 2.41. The summed E-state index contributed by atoms with van der Waals surface area (Å²) in [5.74, 6) is -2.62. The molecule has 6 N–H and O–H groups in total. The highest BCUT2D eigenvalue weighted by atomic mass is 16.3. The summed E-state index contributed by atoms with van der Waals surface area (Å²) in [7, 11) is 0. The molecule has 3 aromatic rings. The fourth-order valence-electron chi connectivity index (χ4n) is 5.07. The molecule has 1 aliphatic heterocycles. The molecule has 0 bridgehead atoms. The lowest BCUT2D eigenvalue weighted by Crippen LogP contribution is -2.63. The molecule has 1 saturated heterocycles. The Hall–Kier alpha value is -4.35. The maximum Gasteiger partial charge on any atom is 0.319 e. The van der Waals surface area contributed by atoms with Gasteiger partial charge in [-0.25, -0.2) is 4.79 Å². The van der Waals surface area contributed by atoms with Crippen LogP contribution >= 0.6 is 0 Å². The summed E-state index contributed by atoms with van der Waals surface area (Å²) in [4.78, 5) is 59.4. The Bertz CT molecular complexity index is 1400. The molecule has 0 aliphatic carbocycles. The summed E-state index contributed by atoms with van der Waals surface area (Å²) in [6, 6.07) is 16.1. The number of nitrogens with zero attached hydrogens (tertiary/aromatic N) is 3. The molecule has 2 aromatic carbocycles. The van der Waals surface area contributed by atoms with E-state index in [1.165, 1.54) is 6.20 Å². The second-order valence-corrected chi connectivity index (χ2v) is 10.4. The van der Waals surface area contributed by atoms with Crippen LogP contribution < -0.4 is 16.8 Å². The first-order valence-corrected chi connectivity index (χ1v) is 13.7. The zero-order valence-corrected chi connectivity index (χ0v) is 23.0. The van der Waals surface area contributed by atoms with Gasteiger partial charge in [0.1, 0.15) is 6.17 Å². The number of pyridine rings is 1. The number of aromatic nitrogens is 1. The smallest absolute Gasteiger partial charge is 0.319 e. The van der Waals surface area contributed by atoms with Crippen LogP contribution in [0.4, 0.5) is 4.79 Å². The highest BCUT2D eigenvalue weighted by molar-refractivity contribution is 6.08. The van der Waals surface area contributed by atoms with Gasteiger partial charge in [0.2, 0.25) is 11.8 Å². The molecule has 2 heterocycles. The number of aliphatic hydroxyl groups is 1. The number of likely N-dealkylation sites (tertiary alicyclic amines) is 1. The normalized spacial score (nSPS) is 17.0. The number of carbonyl (C=O) groups excluding carboxylic acids is 4. The van der Waals surface area contributed by atoms with Crippen LogP contribution in [0, 0.1) is 0 Å². The number of imide groups is 1. The summed E-state index contributed by atoms with van der Waals surface area (Å²) in [5.41, 5.74) is 13.0. The third kappa shape index (κ3) is 7.24. The van der Waals surface area contributed by atoms with Crippen LogP contribution in [0.2, 0.25) is 0 Å². The van der Waals surface area contributed by atoms with E-state index in [-0.39, 0.29) is 18.0 Å². The predicted octanol–water partition coefficient (Wildman–Crippen LogP) is 1.92. The zero-order chi connectivity index (χ0) is 29.5. The molecule has 4 atom stereocenters. The molecule has 0 spiro atoms. The number of nitrogens with two attached hydrogens (primary N) is 2. The van der Waals surface area contributed by atoms with Gasteiger partial charge in [0, 0.05) is 24.2 Å². The SMILES string of the molecule is C[C@@H]1CCCN1C(=O)NC([C@H](O)CCc1ccccc1)N(C(=O)c1cnc2ccccc2c1)C(=O)[C@@H](N)CC(N)=O. The summed E-state index contributed by atoms with van der Waals surface area (Å²) >= 11 is 0. The molecular formula is C30H36N6O5. The Morgan fingerprint density at radius 3 is 2.51 bits per heavy atom. The van der Waals surface area contributed by atoms with Gasteiger partial charge in [-0.1, -0.05) is 48.5 Å². The van der Waals surface area contributed by atoms with Gasteiger partial charge >= 0.3 is 6.03 Å². The monoisotopic (exact) mass is 560 g/mol. The van der Waals surface area contributed by atoms with Crippen molar-refractivity contribution < 1.29 is 24.3 Å². The molecule has 0 saturated carbocycles. The van der Waals surface area contributed by atoms with Crippen LogP contribution in [0.1, 0.15) is 48.5 Å². The third-order valence-electron chi connectivity index (χ3n) is 7.33. The first-order chi connectivity index (χ1) is 19.7. The van der Waals surface area contributed by atoms with Crippen molar-refractivity contribution in [2.45, 2.75) is 63.4 Å². The van der Waals surface area contributed by atoms with E-state index in [2.05, 4.69) is 10.3 Å². The quantitative estimate of drug-likeness (QED) is 0.274. The Morgan fingerprint density at radius 1 is 1.12 bits per heavy atom. The summed E-state index contributed by atoms with van der Waals surface area (Å²) in [5, 5.41) is 14.8. The Morgan fingerprint density at radius 2 is 1.83 bits per heavy atom. The first-order valence-electron chi connectivity index (χ1n) is 13.7. The molecule has 1 fully saturated rings. The average molecular weight is 561 g/mol. The minimum atomic E-state index is -1.48. The maximum atomic E-state index is 14.0. The van der Waals surface area contributed by atoms with Crippen molar-refractivity contribution in [3.05, 3.63) is 78.0 Å². The minimum Gasteiger partial charge on any atom is -0.389 e. The molecule has 0 radical (unpaired) electrons. The number of primary amides is 1. The number of fused-ring (bicyclic) bond motifs is 1. The summed E-state index contributed by atoms with van der Waals surface area (Å²) in [6.07, 6.45) is 0.0957. The molecule has 5 amide bonds. The number of aryl methyl sites for hydroxylation is 1. The molecule has 41 heavy (non-hydrogen) atoms. The van der Waals surface area contributed by atoms with E-state index >= 15 is 0 Å². The highest BCUT2D eigenvalue weighted by Crippen LogP contribution is 2.21. The third-order valence-corrected chi connectivity index (χ3v) is 7.33. The number of urea groups is 1. The molecule has 11 heteroatoms. The van der Waals surface area contributed by atoms with Crippen molar-refractivity contribution in [1.82, 2.24) is 20.1 Å². The van der Waals surface area contributed by atoms with E-state index in [1.807, 2.05) is 43.3 Å². The molecule has 1 aliphatic rings. The zero-order valence-electron chi connectivity index (χ0n) is 23.0. The molecule has 11 nitrogen and oxygen atoms in total. The van der Waals surface area contributed by atoms with Gasteiger partial charge in [0.05, 0.1) is 29.6 Å². The van der Waals surface area contributed by atoms with Crippen LogP contribution in [-0.4, -0.2) is 74.5 Å². The van der Waals surface area contributed by atoms with Crippen LogP contribution in [0.3, 0.4) is 0 Å². The number of amides is 5. The van der Waals surface area contributed by atoms with Gasteiger partial charge in [-0.05, 0) is 50.3 Å². The van der Waals surface area contributed by atoms with Crippen LogP contribution in [-0.2, 0) is 16.0 Å². The number of rotatable bonds is 10. The molecule has 4 rings (SSSR count). The number of aliphatic hydroxyl groups excluding tert-OH is 1. The lowest BCUT2D eigenvalue weighted by atomic mass is 10.0. The van der Waals surface area contributed by atoms with Gasteiger partial charge in [0.25, 0.3) is 5.91 Å². The van der Waals surface area contributed by atoms with Gasteiger partial charge < -0.3 is 26.8 Å². The fraction of sp³-hybridized carbons (Fsp3) is 0.367. The number of benzene rings is 2. The predicted molar refractivity (Wildman–Crippen MR) is 153 cm³/mol. The molecule has 1 unspecified atom stereocenters. The average Bonchev–Trinajstić information content (AvgIpc) is 3.41. The van der Waals surface area contributed by atoms with Gasteiger partial charge in [0.15, 0.2) is 0 Å². The lowest BCUT2D eigenvalue weighted by Gasteiger charge is -2.36. The van der Waals surface area contributed by atoms with Gasteiger partial charge in [-0.3, -0.25) is 24.3 Å². The van der Waals surface area contributed by atoms with Crippen molar-refractivity contribution in [2.75, 3.05) is 6.54 Å². The second kappa shape index (κ2) is 13.3. The van der Waals surface area contributed by atoms with E-state index in [4.69, 9.17) is 11.5 Å². The lowest BCUT2D eigenvalue weighted by molar-refractivity contribution is -0.136. The van der Waals surface area contributed by atoms with E-state index in [9.17, 15) is 24.3 Å². The minimum absolute atomic E-state index is 0.0485. The summed E-state index contributed by atoms with van der Waals surface area (Å²) < 4.78 is 0. The number of hydrogen-bond donors (Lipinski definition) is 4. The van der Waals surface area contributed by atoms with Crippen molar-refractivity contribution in [1.29, 1.82) is 0 Å². The van der Waals surface area contributed by atoms with Gasteiger partial charge in [-0.2, -0.15) is 0 Å². The van der Waals surface area contributed by atoms with Crippen molar-refractivity contribution in [2.24, 2.45) is 11.5 Å². The van der Waals surface area contributed by atoms with E-state index in [0.29, 0.717) is 23.9 Å². The number of para-hydroxylation sites is 1.